The molecule has 0 radical (unpaired) electrons. The van der Waals surface area contributed by atoms with E-state index in [2.05, 4.69) is 102 Å². The van der Waals surface area contributed by atoms with Crippen LogP contribution in [-0.4, -0.2) is 41.6 Å². The molecule has 0 unspecified atom stereocenters. The Balaban J connectivity index is 1.68. The fourth-order valence-corrected chi connectivity index (χ4v) is 13.5. The zero-order valence-electron chi connectivity index (χ0n) is 21.4. The molecule has 186 valence electrons. The standard InChI is InChI=1S/C31H28O4.CH3.Tl/c1-29(2)34-27(30(32,23-15-7-3-8-16-23)24-17-9-4-10-18-24)28(35-29)31(33,25-19-11-5-12-20-25)26-21-13-6-14-22-26;;/h3-22,27-28H,1-2H3;1H3;/q-2;;+2/t27-,28-;;/m1../s1. The van der Waals surface area contributed by atoms with Crippen LogP contribution in [0.4, 0.5) is 0 Å². The van der Waals surface area contributed by atoms with Gasteiger partial charge in [-0.1, -0.05) is 0 Å². The summed E-state index contributed by atoms with van der Waals surface area (Å²) in [5.74, 6) is -0.844. The zero-order valence-corrected chi connectivity index (χ0v) is 25.9. The van der Waals surface area contributed by atoms with Gasteiger partial charge in [-0.3, -0.25) is 0 Å². The number of fused-ring (bicyclic) bond motifs is 1. The Morgan fingerprint density at radius 3 is 1.03 bits per heavy atom. The molecule has 2 fully saturated rings. The van der Waals surface area contributed by atoms with Crippen LogP contribution in [0.3, 0.4) is 0 Å². The minimum atomic E-state index is -3.37. The summed E-state index contributed by atoms with van der Waals surface area (Å²) in [7, 11) is 0. The number of benzene rings is 4. The van der Waals surface area contributed by atoms with Gasteiger partial charge in [0.05, 0.1) is 0 Å². The Hall–Kier alpha value is -2.36. The molecule has 4 aromatic carbocycles. The summed E-state index contributed by atoms with van der Waals surface area (Å²) >= 11 is -3.37. The first kappa shape index (κ1) is 24.9. The van der Waals surface area contributed by atoms with E-state index < -0.39 is 52.8 Å². The SMILES string of the molecule is [CH3][Tl]1[O]C(c2ccccc2)(c2ccccc2)[C@@H]2OC(C)(C)O[C@H]2C(c2ccccc2)(c2ccccc2)[O]1. The number of ether oxygens (including phenoxy) is 2. The molecular weight excluding hydrogens is 653 g/mol. The summed E-state index contributed by atoms with van der Waals surface area (Å²) in [6.07, 6.45) is -0.949. The van der Waals surface area contributed by atoms with Crippen LogP contribution in [0.15, 0.2) is 121 Å². The fraction of sp³-hybridized carbons (Fsp3) is 0.250. The van der Waals surface area contributed by atoms with Gasteiger partial charge in [-0.25, -0.2) is 0 Å². The Bertz CT molecular complexity index is 1150. The van der Waals surface area contributed by atoms with Gasteiger partial charge in [-0.05, 0) is 0 Å². The van der Waals surface area contributed by atoms with Crippen molar-refractivity contribution in [3.8, 4) is 0 Å². The molecular formula is C32H31O4Tl. The molecule has 5 heteroatoms. The van der Waals surface area contributed by atoms with Gasteiger partial charge in [0, 0.05) is 0 Å². The molecule has 2 atom stereocenters. The molecule has 2 aliphatic rings. The predicted octanol–water partition coefficient (Wildman–Crippen LogP) is 6.56. The van der Waals surface area contributed by atoms with E-state index in [-0.39, 0.29) is 0 Å². The monoisotopic (exact) mass is 684 g/mol. The molecule has 0 aromatic heterocycles. The summed E-state index contributed by atoms with van der Waals surface area (Å²) in [5.41, 5.74) is 2.42. The quantitative estimate of drug-likeness (QED) is 0.229. The molecule has 37 heavy (non-hydrogen) atoms. The fourth-order valence-electron chi connectivity index (χ4n) is 6.04. The maximum atomic E-state index is 7.27. The van der Waals surface area contributed by atoms with Crippen molar-refractivity contribution < 1.29 is 14.8 Å². The third-order valence-electron chi connectivity index (χ3n) is 7.41. The maximum absolute atomic E-state index is 7.27. The van der Waals surface area contributed by atoms with Crippen molar-refractivity contribution in [2.45, 2.75) is 47.5 Å². The minimum absolute atomic E-state index is 0.474. The van der Waals surface area contributed by atoms with Gasteiger partial charge >= 0.3 is 230 Å². The van der Waals surface area contributed by atoms with Gasteiger partial charge in [-0.15, -0.1) is 0 Å². The van der Waals surface area contributed by atoms with Crippen molar-refractivity contribution in [2.75, 3.05) is 0 Å². The van der Waals surface area contributed by atoms with Crippen molar-refractivity contribution in [1.82, 2.24) is 0 Å². The van der Waals surface area contributed by atoms with Crippen LogP contribution < -0.4 is 0 Å². The molecule has 0 bridgehead atoms. The molecule has 0 aliphatic carbocycles. The van der Waals surface area contributed by atoms with E-state index in [0.29, 0.717) is 0 Å². The topological polar surface area (TPSA) is 36.9 Å². The van der Waals surface area contributed by atoms with Crippen LogP contribution in [-0.2, 0) is 26.1 Å². The van der Waals surface area contributed by atoms with E-state index in [4.69, 9.17) is 14.8 Å². The molecule has 0 amide bonds. The normalized spacial score (nSPS) is 23.7. The molecule has 4 aromatic rings. The van der Waals surface area contributed by atoms with E-state index in [1.54, 1.807) is 0 Å². The van der Waals surface area contributed by atoms with Crippen LogP contribution in [0, 0.1) is 0 Å². The van der Waals surface area contributed by atoms with Crippen LogP contribution in [0.25, 0.3) is 0 Å². The van der Waals surface area contributed by atoms with Crippen molar-refractivity contribution in [3.63, 3.8) is 0 Å². The van der Waals surface area contributed by atoms with Crippen LogP contribution in [0.1, 0.15) is 36.1 Å². The average Bonchev–Trinajstić information content (AvgIpc) is 3.23. The van der Waals surface area contributed by atoms with Crippen molar-refractivity contribution in [1.29, 1.82) is 0 Å². The van der Waals surface area contributed by atoms with Gasteiger partial charge in [0.15, 0.2) is 0 Å². The molecule has 2 heterocycles. The molecule has 4 nitrogen and oxygen atoms in total. The zero-order chi connectivity index (χ0) is 25.5. The molecule has 0 N–H and O–H groups in total. The molecule has 0 saturated carbocycles. The van der Waals surface area contributed by atoms with E-state index in [0.717, 1.165) is 22.3 Å². The second-order valence-corrected chi connectivity index (χ2v) is 16.5. The first-order chi connectivity index (χ1) is 18.0. The van der Waals surface area contributed by atoms with E-state index in [9.17, 15) is 0 Å². The molecule has 6 rings (SSSR count). The first-order valence-corrected chi connectivity index (χ1v) is 21.0. The first-order valence-electron chi connectivity index (χ1n) is 12.9. The Labute approximate surface area is 228 Å². The Kier molecular flexibility index (Phi) is 6.57. The van der Waals surface area contributed by atoms with E-state index in [1.807, 2.05) is 38.1 Å². The third kappa shape index (κ3) is 4.19. The van der Waals surface area contributed by atoms with E-state index in [1.165, 1.54) is 0 Å². The Morgan fingerprint density at radius 2 is 0.757 bits per heavy atom. The predicted molar refractivity (Wildman–Crippen MR) is 145 cm³/mol. The van der Waals surface area contributed by atoms with Crippen molar-refractivity contribution in [3.05, 3.63) is 144 Å². The summed E-state index contributed by atoms with van der Waals surface area (Å²) in [6.45, 7) is 3.97. The average molecular weight is 684 g/mol. The second kappa shape index (κ2) is 9.75. The van der Waals surface area contributed by atoms with Crippen LogP contribution >= 0.6 is 0 Å². The van der Waals surface area contributed by atoms with Crippen molar-refractivity contribution in [2.24, 2.45) is 0 Å². The van der Waals surface area contributed by atoms with Gasteiger partial charge < -0.3 is 0 Å². The Morgan fingerprint density at radius 1 is 0.486 bits per heavy atom. The van der Waals surface area contributed by atoms with Gasteiger partial charge in [0.2, 0.25) is 0 Å². The molecule has 2 saturated heterocycles. The van der Waals surface area contributed by atoms with Crippen molar-refractivity contribution >= 4 is 23.6 Å². The summed E-state index contributed by atoms with van der Waals surface area (Å²) in [5, 5.41) is 0. The van der Waals surface area contributed by atoms with Gasteiger partial charge in [0.1, 0.15) is 0 Å². The summed E-state index contributed by atoms with van der Waals surface area (Å²) in [6, 6.07) is 41.7. The summed E-state index contributed by atoms with van der Waals surface area (Å²) in [4.78, 5) is 0. The van der Waals surface area contributed by atoms with Crippen LogP contribution in [0.2, 0.25) is 4.48 Å². The summed E-state index contributed by atoms with van der Waals surface area (Å²) < 4.78 is 30.6. The van der Waals surface area contributed by atoms with Gasteiger partial charge in [-0.2, -0.15) is 0 Å². The third-order valence-corrected chi connectivity index (χ3v) is 12.9. The molecule has 0 spiro atoms. The number of rotatable bonds is 4. The molecule has 2 aliphatic heterocycles. The van der Waals surface area contributed by atoms with E-state index >= 15 is 0 Å². The number of hydrogen-bond donors (Lipinski definition) is 0. The number of hydrogen-bond acceptors (Lipinski definition) is 4. The second-order valence-electron chi connectivity index (χ2n) is 10.2. The van der Waals surface area contributed by atoms with Gasteiger partial charge in [0.25, 0.3) is 0 Å². The van der Waals surface area contributed by atoms with Crippen LogP contribution in [0.5, 0.6) is 0 Å².